The Kier molecular flexibility index (Phi) is 6.80. The first-order chi connectivity index (χ1) is 14.6. The average Bonchev–Trinajstić information content (AvgIpc) is 2.78. The molecule has 164 valence electrons. The van der Waals surface area contributed by atoms with Gasteiger partial charge in [0.2, 0.25) is 20.0 Å². The number of nitrogens with zero attached hydrogens (tertiary/aromatic N) is 1. The zero-order chi connectivity index (χ0) is 22.6. The number of methoxy groups -OCH3 is 1. The van der Waals surface area contributed by atoms with E-state index in [-0.39, 0.29) is 9.79 Å². The summed E-state index contributed by atoms with van der Waals surface area (Å²) in [5.74, 6) is 0.663. The molecule has 0 amide bonds. The average molecular weight is 461 g/mol. The molecule has 31 heavy (non-hydrogen) atoms. The zero-order valence-electron chi connectivity index (χ0n) is 17.4. The van der Waals surface area contributed by atoms with Crippen LogP contribution in [0.4, 0.5) is 0 Å². The lowest BCUT2D eigenvalue weighted by molar-refractivity contribution is 0.414. The van der Waals surface area contributed by atoms with Crippen molar-refractivity contribution in [1.29, 1.82) is 0 Å². The highest BCUT2D eigenvalue weighted by molar-refractivity contribution is 7.89. The molecule has 0 saturated carbocycles. The molecule has 0 aliphatic carbocycles. The molecule has 3 rings (SSSR count). The fraction of sp³-hybridized carbons (Fsp3) is 0.182. The number of hydrogen-bond acceptors (Lipinski definition) is 5. The van der Waals surface area contributed by atoms with E-state index >= 15 is 0 Å². The monoisotopic (exact) mass is 460 g/mol. The first-order valence-electron chi connectivity index (χ1n) is 9.39. The molecule has 0 bridgehead atoms. The topological polar surface area (TPSA) is 92.8 Å². The maximum absolute atomic E-state index is 13.1. The number of benzene rings is 3. The summed E-state index contributed by atoms with van der Waals surface area (Å²) in [6.45, 7) is 0. The van der Waals surface area contributed by atoms with Gasteiger partial charge in [0.05, 0.1) is 22.9 Å². The molecule has 1 unspecified atom stereocenters. The van der Waals surface area contributed by atoms with Crippen molar-refractivity contribution in [3.05, 3.63) is 90.0 Å². The Balaban J connectivity index is 1.96. The van der Waals surface area contributed by atoms with Gasteiger partial charge in [-0.3, -0.25) is 0 Å². The Hall–Kier alpha value is -2.72. The van der Waals surface area contributed by atoms with Gasteiger partial charge in [-0.25, -0.2) is 21.1 Å². The van der Waals surface area contributed by atoms with Gasteiger partial charge in [0.1, 0.15) is 5.75 Å². The Morgan fingerprint density at radius 2 is 1.26 bits per heavy atom. The van der Waals surface area contributed by atoms with Crippen LogP contribution < -0.4 is 9.46 Å². The third-order valence-electron chi connectivity index (χ3n) is 4.77. The lowest BCUT2D eigenvalue weighted by Crippen LogP contribution is -2.29. The van der Waals surface area contributed by atoms with Crippen molar-refractivity contribution in [3.8, 4) is 5.75 Å². The highest BCUT2D eigenvalue weighted by atomic mass is 32.2. The maximum atomic E-state index is 13.1. The van der Waals surface area contributed by atoms with E-state index < -0.39 is 26.1 Å². The number of rotatable bonds is 8. The van der Waals surface area contributed by atoms with Gasteiger partial charge in [0, 0.05) is 14.1 Å². The first kappa shape index (κ1) is 23.0. The molecule has 0 spiro atoms. The van der Waals surface area contributed by atoms with Crippen LogP contribution in [0.15, 0.2) is 88.7 Å². The second-order valence-electron chi connectivity index (χ2n) is 7.00. The van der Waals surface area contributed by atoms with Crippen LogP contribution in [0, 0.1) is 0 Å². The van der Waals surface area contributed by atoms with Gasteiger partial charge in [-0.15, -0.1) is 0 Å². The highest BCUT2D eigenvalue weighted by Crippen LogP contribution is 2.27. The van der Waals surface area contributed by atoms with Gasteiger partial charge >= 0.3 is 0 Å². The Bertz CT molecular complexity index is 1220. The van der Waals surface area contributed by atoms with Crippen molar-refractivity contribution in [2.45, 2.75) is 15.8 Å². The van der Waals surface area contributed by atoms with E-state index in [0.717, 1.165) is 15.4 Å². The van der Waals surface area contributed by atoms with Gasteiger partial charge in [0.25, 0.3) is 0 Å². The molecule has 0 aliphatic heterocycles. The summed E-state index contributed by atoms with van der Waals surface area (Å²) in [5, 5.41) is 0. The van der Waals surface area contributed by atoms with Gasteiger partial charge in [-0.1, -0.05) is 42.5 Å². The Labute approximate surface area is 183 Å². The summed E-state index contributed by atoms with van der Waals surface area (Å²) in [6, 6.07) is 20.8. The molecule has 0 fully saturated rings. The summed E-state index contributed by atoms with van der Waals surface area (Å²) in [5.41, 5.74) is 1.51. The predicted molar refractivity (Wildman–Crippen MR) is 119 cm³/mol. The van der Waals surface area contributed by atoms with Crippen LogP contribution in [-0.2, 0) is 20.0 Å². The molecular weight excluding hydrogens is 436 g/mol. The first-order valence-corrected chi connectivity index (χ1v) is 12.3. The number of sulfonamides is 2. The van der Waals surface area contributed by atoms with E-state index in [0.29, 0.717) is 5.75 Å². The van der Waals surface area contributed by atoms with Gasteiger partial charge in [-0.05, 0) is 47.5 Å². The van der Waals surface area contributed by atoms with Crippen molar-refractivity contribution >= 4 is 20.0 Å². The second-order valence-corrected chi connectivity index (χ2v) is 10.9. The Morgan fingerprint density at radius 3 is 1.77 bits per heavy atom. The van der Waals surface area contributed by atoms with Crippen molar-refractivity contribution in [3.63, 3.8) is 0 Å². The fourth-order valence-electron chi connectivity index (χ4n) is 3.00. The molecule has 0 saturated heterocycles. The van der Waals surface area contributed by atoms with Crippen LogP contribution in [0.25, 0.3) is 0 Å². The minimum Gasteiger partial charge on any atom is -0.497 e. The zero-order valence-corrected chi connectivity index (χ0v) is 19.0. The van der Waals surface area contributed by atoms with Crippen LogP contribution in [0.5, 0.6) is 5.75 Å². The normalized spacial score (nSPS) is 13.2. The van der Waals surface area contributed by atoms with Crippen molar-refractivity contribution in [2.75, 3.05) is 21.2 Å². The van der Waals surface area contributed by atoms with E-state index in [1.54, 1.807) is 31.4 Å². The largest absolute Gasteiger partial charge is 0.497 e. The quantitative estimate of drug-likeness (QED) is 0.558. The molecule has 0 heterocycles. The standard InChI is InChI=1S/C22H24N2O5S2/c1-24(2)31(27,28)21-15-13-20(14-16-21)30(25,26)23-22(17-7-5-4-6-8-17)18-9-11-19(29-3)12-10-18/h4-16,22-23H,1-3H3. The summed E-state index contributed by atoms with van der Waals surface area (Å²) < 4.78 is 59.7. The molecule has 9 heteroatoms. The van der Waals surface area contributed by atoms with E-state index in [2.05, 4.69) is 4.72 Å². The highest BCUT2D eigenvalue weighted by Gasteiger charge is 2.24. The molecule has 3 aromatic carbocycles. The van der Waals surface area contributed by atoms with Crippen molar-refractivity contribution in [2.24, 2.45) is 0 Å². The van der Waals surface area contributed by atoms with Crippen LogP contribution in [0.3, 0.4) is 0 Å². The van der Waals surface area contributed by atoms with E-state index in [9.17, 15) is 16.8 Å². The van der Waals surface area contributed by atoms with Crippen LogP contribution in [0.2, 0.25) is 0 Å². The summed E-state index contributed by atoms with van der Waals surface area (Å²) in [4.78, 5) is -0.00846. The lowest BCUT2D eigenvalue weighted by atomic mass is 10.00. The summed E-state index contributed by atoms with van der Waals surface area (Å²) in [6.07, 6.45) is 0. The van der Waals surface area contributed by atoms with Gasteiger partial charge in [-0.2, -0.15) is 4.72 Å². The Morgan fingerprint density at radius 1 is 0.742 bits per heavy atom. The lowest BCUT2D eigenvalue weighted by Gasteiger charge is -2.20. The smallest absolute Gasteiger partial charge is 0.242 e. The minimum atomic E-state index is -3.94. The minimum absolute atomic E-state index is 0.0196. The number of hydrogen-bond donors (Lipinski definition) is 1. The molecule has 0 radical (unpaired) electrons. The predicted octanol–water partition coefficient (Wildman–Crippen LogP) is 3.01. The van der Waals surface area contributed by atoms with Crippen LogP contribution in [0.1, 0.15) is 17.2 Å². The van der Waals surface area contributed by atoms with Crippen LogP contribution >= 0.6 is 0 Å². The van der Waals surface area contributed by atoms with Gasteiger partial charge < -0.3 is 4.74 Å². The number of ether oxygens (including phenoxy) is 1. The molecule has 7 nitrogen and oxygen atoms in total. The molecule has 1 atom stereocenters. The fourth-order valence-corrected chi connectivity index (χ4v) is 5.11. The molecular formula is C22H24N2O5S2. The summed E-state index contributed by atoms with van der Waals surface area (Å²) in [7, 11) is -3.20. The number of nitrogens with one attached hydrogen (secondary N) is 1. The molecule has 0 aliphatic rings. The van der Waals surface area contributed by atoms with Crippen LogP contribution in [-0.4, -0.2) is 42.3 Å². The van der Waals surface area contributed by atoms with Gasteiger partial charge in [0.15, 0.2) is 0 Å². The van der Waals surface area contributed by atoms with Crippen molar-refractivity contribution in [1.82, 2.24) is 9.03 Å². The van der Waals surface area contributed by atoms with E-state index in [1.807, 2.05) is 30.3 Å². The third-order valence-corrected chi connectivity index (χ3v) is 8.04. The SMILES string of the molecule is COc1ccc(C(NS(=O)(=O)c2ccc(S(=O)(=O)N(C)C)cc2)c2ccccc2)cc1. The van der Waals surface area contributed by atoms with Crippen molar-refractivity contribution < 1.29 is 21.6 Å². The molecule has 0 aromatic heterocycles. The van der Waals surface area contributed by atoms with E-state index in [1.165, 1.54) is 38.4 Å². The van der Waals surface area contributed by atoms with E-state index in [4.69, 9.17) is 4.74 Å². The third kappa shape index (κ3) is 5.13. The summed E-state index contributed by atoms with van der Waals surface area (Å²) >= 11 is 0. The molecule has 3 aromatic rings. The second kappa shape index (κ2) is 9.19. The molecule has 1 N–H and O–H groups in total. The maximum Gasteiger partial charge on any atom is 0.242 e.